The maximum atomic E-state index is 10.7. The first kappa shape index (κ1) is 14.1. The van der Waals surface area contributed by atoms with Crippen molar-refractivity contribution in [1.82, 2.24) is 14.8 Å². The third-order valence-corrected chi connectivity index (χ3v) is 4.45. The number of nitrogens with zero attached hydrogens (tertiary/aromatic N) is 3. The molecule has 1 aliphatic carbocycles. The van der Waals surface area contributed by atoms with Gasteiger partial charge in [-0.1, -0.05) is 43.0 Å². The van der Waals surface area contributed by atoms with E-state index in [-0.39, 0.29) is 5.75 Å². The summed E-state index contributed by atoms with van der Waals surface area (Å²) in [6.45, 7) is 2.13. The molecule has 0 bridgehead atoms. The van der Waals surface area contributed by atoms with Gasteiger partial charge in [-0.05, 0) is 24.8 Å². The van der Waals surface area contributed by atoms with E-state index in [1.807, 2.05) is 0 Å². The smallest absolute Gasteiger partial charge is 0.313 e. The van der Waals surface area contributed by atoms with Crippen LogP contribution in [0.25, 0.3) is 11.4 Å². The number of carboxylic acids is 1. The van der Waals surface area contributed by atoms with Crippen LogP contribution in [0.15, 0.2) is 29.4 Å². The Balaban J connectivity index is 1.92. The van der Waals surface area contributed by atoms with Gasteiger partial charge in [-0.3, -0.25) is 9.36 Å². The van der Waals surface area contributed by atoms with Gasteiger partial charge in [-0.15, -0.1) is 10.2 Å². The summed E-state index contributed by atoms with van der Waals surface area (Å²) in [5.74, 6) is 0.0202. The zero-order valence-corrected chi connectivity index (χ0v) is 12.6. The predicted molar refractivity (Wildman–Crippen MR) is 81.5 cm³/mol. The van der Waals surface area contributed by atoms with Crippen molar-refractivity contribution in [2.45, 2.75) is 37.4 Å². The highest BCUT2D eigenvalue weighted by Gasteiger charge is 2.30. The lowest BCUT2D eigenvalue weighted by Gasteiger charge is -2.08. The maximum absolute atomic E-state index is 10.7. The second kappa shape index (κ2) is 5.89. The monoisotopic (exact) mass is 303 g/mol. The third-order valence-electron chi connectivity index (χ3n) is 3.52. The minimum absolute atomic E-state index is 0.0135. The molecule has 0 aliphatic heterocycles. The van der Waals surface area contributed by atoms with E-state index in [0.717, 1.165) is 30.7 Å². The van der Waals surface area contributed by atoms with Gasteiger partial charge in [0.2, 0.25) is 0 Å². The highest BCUT2D eigenvalue weighted by atomic mass is 32.2. The number of thioether (sulfide) groups is 1. The van der Waals surface area contributed by atoms with Gasteiger partial charge < -0.3 is 5.11 Å². The molecule has 0 unspecified atom stereocenters. The number of benzene rings is 1. The lowest BCUT2D eigenvalue weighted by atomic mass is 10.1. The second-order valence-electron chi connectivity index (χ2n) is 5.14. The molecule has 2 aromatic rings. The Hall–Kier alpha value is -1.82. The Kier molecular flexibility index (Phi) is 3.96. The van der Waals surface area contributed by atoms with Gasteiger partial charge in [0.1, 0.15) is 0 Å². The van der Waals surface area contributed by atoms with Crippen LogP contribution in [0.4, 0.5) is 0 Å². The molecule has 0 saturated heterocycles. The van der Waals surface area contributed by atoms with Crippen molar-refractivity contribution in [2.75, 3.05) is 5.75 Å². The SMILES string of the molecule is CCc1ccc(-c2nnc(SCC(=O)O)n2C2CC2)cc1. The number of aliphatic carboxylic acids is 1. The number of aryl methyl sites for hydroxylation is 1. The van der Waals surface area contributed by atoms with E-state index in [1.165, 1.54) is 17.3 Å². The van der Waals surface area contributed by atoms with Gasteiger partial charge in [0.15, 0.2) is 11.0 Å². The third kappa shape index (κ3) is 3.10. The van der Waals surface area contributed by atoms with Crippen molar-refractivity contribution < 1.29 is 9.90 Å². The molecule has 0 atom stereocenters. The first-order chi connectivity index (χ1) is 10.2. The molecule has 3 rings (SSSR count). The van der Waals surface area contributed by atoms with Gasteiger partial charge in [0, 0.05) is 11.6 Å². The number of carboxylic acid groups (broad SMARTS) is 1. The van der Waals surface area contributed by atoms with Crippen LogP contribution in [-0.2, 0) is 11.2 Å². The second-order valence-corrected chi connectivity index (χ2v) is 6.08. The van der Waals surface area contributed by atoms with Crippen molar-refractivity contribution in [3.63, 3.8) is 0 Å². The molecule has 1 saturated carbocycles. The number of hydrogen-bond donors (Lipinski definition) is 1. The Morgan fingerprint density at radius 3 is 2.62 bits per heavy atom. The molecule has 1 heterocycles. The van der Waals surface area contributed by atoms with Crippen LogP contribution in [0.3, 0.4) is 0 Å². The zero-order valence-electron chi connectivity index (χ0n) is 11.8. The summed E-state index contributed by atoms with van der Waals surface area (Å²) in [6.07, 6.45) is 3.23. The normalized spacial score (nSPS) is 14.3. The van der Waals surface area contributed by atoms with Crippen molar-refractivity contribution in [2.24, 2.45) is 0 Å². The van der Waals surface area contributed by atoms with Gasteiger partial charge in [0.25, 0.3) is 0 Å². The number of rotatable bonds is 6. The van der Waals surface area contributed by atoms with Crippen molar-refractivity contribution in [1.29, 1.82) is 0 Å². The molecule has 1 aliphatic rings. The van der Waals surface area contributed by atoms with Crippen molar-refractivity contribution in [3.8, 4) is 11.4 Å². The molecule has 1 N–H and O–H groups in total. The van der Waals surface area contributed by atoms with Crippen molar-refractivity contribution >= 4 is 17.7 Å². The molecule has 1 aromatic heterocycles. The van der Waals surface area contributed by atoms with Crippen LogP contribution in [-0.4, -0.2) is 31.6 Å². The van der Waals surface area contributed by atoms with E-state index in [0.29, 0.717) is 11.2 Å². The average molecular weight is 303 g/mol. The number of hydrogen-bond acceptors (Lipinski definition) is 4. The van der Waals surface area contributed by atoms with Gasteiger partial charge in [-0.2, -0.15) is 0 Å². The molecule has 21 heavy (non-hydrogen) atoms. The number of aromatic nitrogens is 3. The molecule has 1 aromatic carbocycles. The fourth-order valence-electron chi connectivity index (χ4n) is 2.25. The van der Waals surface area contributed by atoms with Gasteiger partial charge in [0.05, 0.1) is 5.75 Å². The highest BCUT2D eigenvalue weighted by molar-refractivity contribution is 7.99. The summed E-state index contributed by atoms with van der Waals surface area (Å²) < 4.78 is 2.09. The molecule has 0 spiro atoms. The lowest BCUT2D eigenvalue weighted by molar-refractivity contribution is -0.133. The maximum Gasteiger partial charge on any atom is 0.313 e. The van der Waals surface area contributed by atoms with Crippen molar-refractivity contribution in [3.05, 3.63) is 29.8 Å². The van der Waals surface area contributed by atoms with Crippen LogP contribution in [0.5, 0.6) is 0 Å². The predicted octanol–water partition coefficient (Wildman–Crippen LogP) is 3.02. The Morgan fingerprint density at radius 2 is 2.05 bits per heavy atom. The zero-order chi connectivity index (χ0) is 14.8. The summed E-state index contributed by atoms with van der Waals surface area (Å²) in [4.78, 5) is 10.7. The molecule has 5 nitrogen and oxygen atoms in total. The minimum atomic E-state index is -0.834. The Morgan fingerprint density at radius 1 is 1.33 bits per heavy atom. The first-order valence-electron chi connectivity index (χ1n) is 7.08. The van der Waals surface area contributed by atoms with Crippen LogP contribution in [0, 0.1) is 0 Å². The Bertz CT molecular complexity index is 647. The van der Waals surface area contributed by atoms with E-state index in [4.69, 9.17) is 5.11 Å². The molecule has 6 heteroatoms. The van der Waals surface area contributed by atoms with E-state index in [9.17, 15) is 4.79 Å². The van der Waals surface area contributed by atoms with Crippen LogP contribution >= 0.6 is 11.8 Å². The Labute approximate surface area is 127 Å². The molecule has 110 valence electrons. The summed E-state index contributed by atoms with van der Waals surface area (Å²) >= 11 is 1.24. The standard InChI is InChI=1S/C15H17N3O2S/c1-2-10-3-5-11(6-4-10)14-16-17-15(21-9-13(19)20)18(14)12-7-8-12/h3-6,12H,2,7-9H2,1H3,(H,19,20). The van der Waals surface area contributed by atoms with E-state index in [1.54, 1.807) is 0 Å². The van der Waals surface area contributed by atoms with Crippen LogP contribution in [0.2, 0.25) is 0 Å². The molecule has 0 radical (unpaired) electrons. The quantitative estimate of drug-likeness (QED) is 0.831. The van der Waals surface area contributed by atoms with E-state index in [2.05, 4.69) is 46.0 Å². The molecule has 1 fully saturated rings. The molecular weight excluding hydrogens is 286 g/mol. The summed E-state index contributed by atoms with van der Waals surface area (Å²) in [7, 11) is 0. The minimum Gasteiger partial charge on any atom is -0.481 e. The summed E-state index contributed by atoms with van der Waals surface area (Å²) in [6, 6.07) is 8.74. The fourth-order valence-corrected chi connectivity index (χ4v) is 2.98. The van der Waals surface area contributed by atoms with Gasteiger partial charge in [-0.25, -0.2) is 0 Å². The van der Waals surface area contributed by atoms with E-state index < -0.39 is 5.97 Å². The van der Waals surface area contributed by atoms with Crippen LogP contribution < -0.4 is 0 Å². The lowest BCUT2D eigenvalue weighted by Crippen LogP contribution is -2.03. The summed E-state index contributed by atoms with van der Waals surface area (Å²) in [5, 5.41) is 18.0. The van der Waals surface area contributed by atoms with Crippen LogP contribution in [0.1, 0.15) is 31.4 Å². The largest absolute Gasteiger partial charge is 0.481 e. The van der Waals surface area contributed by atoms with Gasteiger partial charge >= 0.3 is 5.97 Å². The highest BCUT2D eigenvalue weighted by Crippen LogP contribution is 2.41. The number of carbonyl (C=O) groups is 1. The summed E-state index contributed by atoms with van der Waals surface area (Å²) in [5.41, 5.74) is 2.32. The molecule has 0 amide bonds. The molecular formula is C15H17N3O2S. The van der Waals surface area contributed by atoms with E-state index >= 15 is 0 Å². The first-order valence-corrected chi connectivity index (χ1v) is 8.06. The fraction of sp³-hybridized carbons (Fsp3) is 0.400. The topological polar surface area (TPSA) is 68.0 Å². The average Bonchev–Trinajstić information content (AvgIpc) is 3.25.